The molecule has 0 saturated carbocycles. The average molecular weight is 291 g/mol. The maximum atomic E-state index is 9.80. The first-order valence-corrected chi connectivity index (χ1v) is 7.75. The first kappa shape index (κ1) is 15.2. The molecule has 0 aliphatic heterocycles. The summed E-state index contributed by atoms with van der Waals surface area (Å²) >= 11 is 1.77. The summed E-state index contributed by atoms with van der Waals surface area (Å²) in [5.74, 6) is 0. The summed E-state index contributed by atoms with van der Waals surface area (Å²) in [5, 5.41) is 15.1. The van der Waals surface area contributed by atoms with Crippen molar-refractivity contribution in [1.82, 2.24) is 5.32 Å². The van der Waals surface area contributed by atoms with Crippen LogP contribution in [0.15, 0.2) is 47.8 Å². The number of nitrogens with one attached hydrogen (secondary N) is 1. The molecule has 3 nitrogen and oxygen atoms in total. The maximum absolute atomic E-state index is 9.80. The van der Waals surface area contributed by atoms with E-state index in [2.05, 4.69) is 22.8 Å². The molecule has 0 spiro atoms. The zero-order valence-electron chi connectivity index (χ0n) is 11.5. The Kier molecular flexibility index (Phi) is 6.74. The highest BCUT2D eigenvalue weighted by atomic mass is 32.1. The highest BCUT2D eigenvalue weighted by molar-refractivity contribution is 7.09. The number of benzene rings is 1. The van der Waals surface area contributed by atoms with Crippen LogP contribution < -0.4 is 5.32 Å². The lowest BCUT2D eigenvalue weighted by molar-refractivity contribution is 0.0290. The van der Waals surface area contributed by atoms with Crippen LogP contribution in [0.4, 0.5) is 0 Å². The summed E-state index contributed by atoms with van der Waals surface area (Å²) in [6.45, 7) is 2.37. The van der Waals surface area contributed by atoms with E-state index in [0.29, 0.717) is 19.8 Å². The summed E-state index contributed by atoms with van der Waals surface area (Å²) in [5.41, 5.74) is 1.13. The lowest BCUT2D eigenvalue weighted by atomic mass is 10.2. The summed E-state index contributed by atoms with van der Waals surface area (Å²) in [6, 6.07) is 14.2. The van der Waals surface area contributed by atoms with E-state index in [9.17, 15) is 5.11 Å². The highest BCUT2D eigenvalue weighted by Gasteiger charge is 2.04. The normalized spacial score (nSPS) is 12.4. The lowest BCUT2D eigenvalue weighted by Gasteiger charge is -2.12. The summed E-state index contributed by atoms with van der Waals surface area (Å²) < 4.78 is 5.50. The molecule has 0 radical (unpaired) electrons. The smallest absolute Gasteiger partial charge is 0.0897 e. The second kappa shape index (κ2) is 8.87. The Bertz CT molecular complexity index is 459. The Balaban J connectivity index is 1.51. The van der Waals surface area contributed by atoms with Gasteiger partial charge in [0.2, 0.25) is 0 Å². The number of hydrogen-bond acceptors (Lipinski definition) is 4. The van der Waals surface area contributed by atoms with E-state index in [1.54, 1.807) is 11.3 Å². The number of aliphatic hydroxyl groups is 1. The Morgan fingerprint density at radius 3 is 2.75 bits per heavy atom. The van der Waals surface area contributed by atoms with E-state index in [-0.39, 0.29) is 0 Å². The molecule has 20 heavy (non-hydrogen) atoms. The molecule has 0 amide bonds. The van der Waals surface area contributed by atoms with Gasteiger partial charge < -0.3 is 15.2 Å². The fraction of sp³-hybridized carbons (Fsp3) is 0.375. The van der Waals surface area contributed by atoms with Gasteiger partial charge in [-0.25, -0.2) is 0 Å². The van der Waals surface area contributed by atoms with Gasteiger partial charge in [-0.3, -0.25) is 0 Å². The minimum absolute atomic E-state index is 0.362. The second-order valence-corrected chi connectivity index (χ2v) is 5.72. The molecular weight excluding hydrogens is 270 g/mol. The molecule has 0 bridgehead atoms. The van der Waals surface area contributed by atoms with Gasteiger partial charge in [-0.15, -0.1) is 11.3 Å². The predicted molar refractivity (Wildman–Crippen MR) is 83.0 cm³/mol. The third kappa shape index (κ3) is 5.84. The van der Waals surface area contributed by atoms with Crippen molar-refractivity contribution in [1.29, 1.82) is 0 Å². The van der Waals surface area contributed by atoms with Crippen molar-refractivity contribution in [2.45, 2.75) is 19.1 Å². The van der Waals surface area contributed by atoms with E-state index in [4.69, 9.17) is 4.74 Å². The number of aliphatic hydroxyl groups excluding tert-OH is 1. The average Bonchev–Trinajstić information content (AvgIpc) is 2.98. The number of rotatable bonds is 9. The van der Waals surface area contributed by atoms with Crippen molar-refractivity contribution in [3.05, 3.63) is 58.3 Å². The molecule has 1 unspecified atom stereocenters. The van der Waals surface area contributed by atoms with Crippen molar-refractivity contribution < 1.29 is 9.84 Å². The van der Waals surface area contributed by atoms with E-state index in [1.165, 1.54) is 4.88 Å². The zero-order chi connectivity index (χ0) is 14.0. The van der Waals surface area contributed by atoms with Gasteiger partial charge in [0.25, 0.3) is 0 Å². The summed E-state index contributed by atoms with van der Waals surface area (Å²) in [7, 11) is 0. The van der Waals surface area contributed by atoms with Crippen LogP contribution in [0.3, 0.4) is 0 Å². The molecular formula is C16H21NO2S. The highest BCUT2D eigenvalue weighted by Crippen LogP contribution is 2.08. The Morgan fingerprint density at radius 2 is 2.00 bits per heavy atom. The monoisotopic (exact) mass is 291 g/mol. The second-order valence-electron chi connectivity index (χ2n) is 4.69. The van der Waals surface area contributed by atoms with E-state index < -0.39 is 6.10 Å². The van der Waals surface area contributed by atoms with E-state index in [1.807, 2.05) is 30.3 Å². The fourth-order valence-electron chi connectivity index (χ4n) is 1.88. The van der Waals surface area contributed by atoms with Crippen LogP contribution in [0, 0.1) is 0 Å². The number of ether oxygens (including phenoxy) is 1. The molecule has 1 atom stereocenters. The van der Waals surface area contributed by atoms with Gasteiger partial charge >= 0.3 is 0 Å². The number of hydrogen-bond donors (Lipinski definition) is 2. The van der Waals surface area contributed by atoms with E-state index in [0.717, 1.165) is 18.5 Å². The van der Waals surface area contributed by atoms with Crippen molar-refractivity contribution in [3.8, 4) is 0 Å². The van der Waals surface area contributed by atoms with Crippen LogP contribution in [0.2, 0.25) is 0 Å². The van der Waals surface area contributed by atoms with Crippen molar-refractivity contribution >= 4 is 11.3 Å². The summed E-state index contributed by atoms with van der Waals surface area (Å²) in [4.78, 5) is 1.37. The summed E-state index contributed by atoms with van der Waals surface area (Å²) in [6.07, 6.45) is 0.553. The SMILES string of the molecule is OC(CNCCc1cccs1)COCc1ccccc1. The van der Waals surface area contributed by atoms with Crippen LogP contribution in [-0.2, 0) is 17.8 Å². The molecule has 0 aliphatic carbocycles. The maximum Gasteiger partial charge on any atom is 0.0897 e. The molecule has 1 aromatic heterocycles. The Labute approximate surface area is 124 Å². The molecule has 108 valence electrons. The Hall–Kier alpha value is -1.20. The standard InChI is InChI=1S/C16H21NO2S/c18-15(11-17-9-8-16-7-4-10-20-16)13-19-12-14-5-2-1-3-6-14/h1-7,10,15,17-18H,8-9,11-13H2. The largest absolute Gasteiger partial charge is 0.389 e. The van der Waals surface area contributed by atoms with Crippen LogP contribution in [-0.4, -0.2) is 30.9 Å². The molecule has 2 rings (SSSR count). The van der Waals surface area contributed by atoms with Crippen LogP contribution in [0.25, 0.3) is 0 Å². The third-order valence-corrected chi connectivity index (χ3v) is 3.87. The molecule has 4 heteroatoms. The van der Waals surface area contributed by atoms with Crippen molar-refractivity contribution in [2.75, 3.05) is 19.7 Å². The molecule has 1 aromatic carbocycles. The predicted octanol–water partition coefficient (Wildman–Crippen LogP) is 2.46. The number of thiophene rings is 1. The molecule has 0 fully saturated rings. The van der Waals surface area contributed by atoms with Crippen molar-refractivity contribution in [3.63, 3.8) is 0 Å². The fourth-order valence-corrected chi connectivity index (χ4v) is 2.59. The first-order valence-electron chi connectivity index (χ1n) is 6.87. The molecule has 1 heterocycles. The Morgan fingerprint density at radius 1 is 1.15 bits per heavy atom. The van der Waals surface area contributed by atoms with Gasteiger partial charge in [-0.05, 0) is 23.4 Å². The quantitative estimate of drug-likeness (QED) is 0.697. The first-order chi connectivity index (χ1) is 9.84. The molecule has 2 N–H and O–H groups in total. The van der Waals surface area contributed by atoms with Gasteiger partial charge in [0.15, 0.2) is 0 Å². The lowest BCUT2D eigenvalue weighted by Crippen LogP contribution is -2.31. The molecule has 0 saturated heterocycles. The minimum atomic E-state index is -0.456. The van der Waals surface area contributed by atoms with E-state index >= 15 is 0 Å². The minimum Gasteiger partial charge on any atom is -0.389 e. The van der Waals surface area contributed by atoms with Gasteiger partial charge in [-0.1, -0.05) is 36.4 Å². The van der Waals surface area contributed by atoms with Gasteiger partial charge in [-0.2, -0.15) is 0 Å². The topological polar surface area (TPSA) is 41.5 Å². The van der Waals surface area contributed by atoms with Crippen LogP contribution in [0.5, 0.6) is 0 Å². The van der Waals surface area contributed by atoms with Gasteiger partial charge in [0, 0.05) is 18.0 Å². The van der Waals surface area contributed by atoms with Crippen LogP contribution >= 0.6 is 11.3 Å². The molecule has 0 aliphatic rings. The molecule has 2 aromatic rings. The van der Waals surface area contributed by atoms with Crippen LogP contribution in [0.1, 0.15) is 10.4 Å². The third-order valence-electron chi connectivity index (χ3n) is 2.93. The van der Waals surface area contributed by atoms with Gasteiger partial charge in [0.05, 0.1) is 19.3 Å². The zero-order valence-corrected chi connectivity index (χ0v) is 12.3. The van der Waals surface area contributed by atoms with Crippen molar-refractivity contribution in [2.24, 2.45) is 0 Å². The van der Waals surface area contributed by atoms with Gasteiger partial charge in [0.1, 0.15) is 0 Å².